The Morgan fingerprint density at radius 2 is 1.75 bits per heavy atom. The van der Waals surface area contributed by atoms with Gasteiger partial charge in [0.15, 0.2) is 5.82 Å². The van der Waals surface area contributed by atoms with Gasteiger partial charge >= 0.3 is 0 Å². The topological polar surface area (TPSA) is 82.6 Å². The van der Waals surface area contributed by atoms with Crippen molar-refractivity contribution in [2.45, 2.75) is 13.0 Å². The first kappa shape index (κ1) is 14.6. The third kappa shape index (κ3) is 4.41. The van der Waals surface area contributed by atoms with E-state index in [-0.39, 0.29) is 13.2 Å². The normalized spacial score (nSPS) is 11.2. The average molecular weight is 277 g/mol. The van der Waals surface area contributed by atoms with Crippen molar-refractivity contribution in [1.29, 1.82) is 0 Å². The molecule has 6 heteroatoms. The lowest BCUT2D eigenvalue weighted by atomic mass is 10.1. The molecule has 1 heterocycles. The van der Waals surface area contributed by atoms with Gasteiger partial charge in [0, 0.05) is 19.5 Å². The van der Waals surface area contributed by atoms with Crippen molar-refractivity contribution in [3.63, 3.8) is 0 Å². The molecular formula is C14H19N3O3. The van der Waals surface area contributed by atoms with E-state index >= 15 is 0 Å². The fourth-order valence-corrected chi connectivity index (χ4v) is 1.95. The van der Waals surface area contributed by atoms with E-state index in [1.165, 1.54) is 0 Å². The Bertz CT molecular complexity index is 495. The maximum Gasteiger partial charge on any atom is 0.240 e. The van der Waals surface area contributed by atoms with Crippen LogP contribution in [0.1, 0.15) is 17.3 Å². The van der Waals surface area contributed by atoms with Gasteiger partial charge in [0.05, 0.1) is 19.8 Å². The van der Waals surface area contributed by atoms with Gasteiger partial charge in [-0.25, -0.2) is 0 Å². The van der Waals surface area contributed by atoms with Crippen LogP contribution in [0.15, 0.2) is 34.9 Å². The molecule has 0 saturated carbocycles. The average Bonchev–Trinajstić information content (AvgIpc) is 2.88. The minimum atomic E-state index is 0.0327. The van der Waals surface area contributed by atoms with Gasteiger partial charge in [0.2, 0.25) is 5.89 Å². The van der Waals surface area contributed by atoms with Crippen LogP contribution in [0.5, 0.6) is 0 Å². The molecule has 0 spiro atoms. The highest BCUT2D eigenvalue weighted by atomic mass is 16.5. The lowest BCUT2D eigenvalue weighted by molar-refractivity contribution is 0.143. The molecule has 0 unspecified atom stereocenters. The lowest BCUT2D eigenvalue weighted by Crippen LogP contribution is -2.29. The maximum absolute atomic E-state index is 8.95. The van der Waals surface area contributed by atoms with Gasteiger partial charge in [-0.2, -0.15) is 4.98 Å². The Balaban J connectivity index is 1.94. The van der Waals surface area contributed by atoms with Crippen LogP contribution in [0.4, 0.5) is 0 Å². The number of benzene rings is 1. The summed E-state index contributed by atoms with van der Waals surface area (Å²) in [6.07, 6.45) is 0.629. The molecule has 0 radical (unpaired) electrons. The number of aromatic nitrogens is 2. The highest BCUT2D eigenvalue weighted by molar-refractivity contribution is 5.18. The fourth-order valence-electron chi connectivity index (χ4n) is 1.95. The van der Waals surface area contributed by atoms with Crippen LogP contribution in [0.25, 0.3) is 0 Å². The zero-order chi connectivity index (χ0) is 14.2. The van der Waals surface area contributed by atoms with Crippen molar-refractivity contribution < 1.29 is 14.7 Å². The molecule has 0 aliphatic heterocycles. The van der Waals surface area contributed by atoms with E-state index in [2.05, 4.69) is 10.1 Å². The van der Waals surface area contributed by atoms with E-state index in [1.54, 1.807) is 0 Å². The molecule has 108 valence electrons. The molecule has 1 aromatic heterocycles. The number of hydrogen-bond donors (Lipinski definition) is 2. The van der Waals surface area contributed by atoms with Crippen LogP contribution in [-0.2, 0) is 13.0 Å². The van der Waals surface area contributed by atoms with Gasteiger partial charge in [-0.05, 0) is 5.56 Å². The summed E-state index contributed by atoms with van der Waals surface area (Å²) in [6.45, 7) is 1.44. The van der Waals surface area contributed by atoms with Crippen LogP contribution >= 0.6 is 0 Å². The van der Waals surface area contributed by atoms with Crippen LogP contribution in [0, 0.1) is 0 Å². The van der Waals surface area contributed by atoms with Crippen molar-refractivity contribution in [3.8, 4) is 0 Å². The molecule has 2 aromatic rings. The predicted octanol–water partition coefficient (Wildman–Crippen LogP) is 0.447. The summed E-state index contributed by atoms with van der Waals surface area (Å²) in [5.41, 5.74) is 1.13. The highest BCUT2D eigenvalue weighted by Crippen LogP contribution is 2.08. The summed E-state index contributed by atoms with van der Waals surface area (Å²) in [5, 5.41) is 21.8. The molecular weight excluding hydrogens is 258 g/mol. The largest absolute Gasteiger partial charge is 0.395 e. The van der Waals surface area contributed by atoms with Crippen molar-refractivity contribution in [2.24, 2.45) is 0 Å². The van der Waals surface area contributed by atoms with Gasteiger partial charge in [-0.1, -0.05) is 35.5 Å². The standard InChI is InChI=1S/C14H19N3O3/c18-8-6-17(7-9-19)11-14-15-13(16-20-14)10-12-4-2-1-3-5-12/h1-5,18-19H,6-11H2. The third-order valence-electron chi connectivity index (χ3n) is 2.91. The Kier molecular flexibility index (Phi) is 5.67. The van der Waals surface area contributed by atoms with Crippen LogP contribution < -0.4 is 0 Å². The smallest absolute Gasteiger partial charge is 0.240 e. The van der Waals surface area contributed by atoms with E-state index in [9.17, 15) is 0 Å². The molecule has 2 rings (SSSR count). The lowest BCUT2D eigenvalue weighted by Gasteiger charge is -2.17. The van der Waals surface area contributed by atoms with Crippen LogP contribution in [-0.4, -0.2) is 51.6 Å². The Labute approximate surface area is 117 Å². The van der Waals surface area contributed by atoms with Gasteiger partial charge in [-0.15, -0.1) is 0 Å². The monoisotopic (exact) mass is 277 g/mol. The second kappa shape index (κ2) is 7.74. The van der Waals surface area contributed by atoms with E-state index < -0.39 is 0 Å². The molecule has 0 aliphatic carbocycles. The summed E-state index contributed by atoms with van der Waals surface area (Å²) in [6, 6.07) is 9.94. The van der Waals surface area contributed by atoms with Crippen molar-refractivity contribution in [1.82, 2.24) is 15.0 Å². The Morgan fingerprint density at radius 3 is 2.40 bits per heavy atom. The number of aliphatic hydroxyl groups excluding tert-OH is 2. The minimum absolute atomic E-state index is 0.0327. The first-order valence-corrected chi connectivity index (χ1v) is 6.61. The molecule has 6 nitrogen and oxygen atoms in total. The maximum atomic E-state index is 8.95. The molecule has 0 atom stereocenters. The minimum Gasteiger partial charge on any atom is -0.395 e. The van der Waals surface area contributed by atoms with E-state index in [0.29, 0.717) is 37.8 Å². The Hall–Kier alpha value is -1.76. The van der Waals surface area contributed by atoms with E-state index in [4.69, 9.17) is 14.7 Å². The number of aliphatic hydroxyl groups is 2. The summed E-state index contributed by atoms with van der Waals surface area (Å²) in [4.78, 5) is 6.19. The summed E-state index contributed by atoms with van der Waals surface area (Å²) >= 11 is 0. The SMILES string of the molecule is OCCN(CCO)Cc1nc(Cc2ccccc2)no1. The quantitative estimate of drug-likeness (QED) is 0.729. The predicted molar refractivity (Wildman–Crippen MR) is 73.0 cm³/mol. The van der Waals surface area contributed by atoms with E-state index in [1.807, 2.05) is 35.2 Å². The molecule has 0 amide bonds. The van der Waals surface area contributed by atoms with Crippen molar-refractivity contribution >= 4 is 0 Å². The number of rotatable bonds is 8. The van der Waals surface area contributed by atoms with Crippen LogP contribution in [0.2, 0.25) is 0 Å². The van der Waals surface area contributed by atoms with Gasteiger partial charge in [0.25, 0.3) is 0 Å². The van der Waals surface area contributed by atoms with Gasteiger partial charge in [0.1, 0.15) is 0 Å². The highest BCUT2D eigenvalue weighted by Gasteiger charge is 2.11. The van der Waals surface area contributed by atoms with Gasteiger partial charge in [-0.3, -0.25) is 4.90 Å². The zero-order valence-electron chi connectivity index (χ0n) is 11.3. The number of hydrogen-bond acceptors (Lipinski definition) is 6. The summed E-state index contributed by atoms with van der Waals surface area (Å²) in [5.74, 6) is 1.14. The summed E-state index contributed by atoms with van der Waals surface area (Å²) in [7, 11) is 0. The second-order valence-electron chi connectivity index (χ2n) is 4.49. The Morgan fingerprint density at radius 1 is 1.05 bits per heavy atom. The second-order valence-corrected chi connectivity index (χ2v) is 4.49. The number of nitrogens with zero attached hydrogens (tertiary/aromatic N) is 3. The van der Waals surface area contributed by atoms with Crippen molar-refractivity contribution in [2.75, 3.05) is 26.3 Å². The molecule has 2 N–H and O–H groups in total. The third-order valence-corrected chi connectivity index (χ3v) is 2.91. The molecule has 1 aromatic carbocycles. The molecule has 0 fully saturated rings. The molecule has 0 aliphatic rings. The van der Waals surface area contributed by atoms with Crippen molar-refractivity contribution in [3.05, 3.63) is 47.6 Å². The zero-order valence-corrected chi connectivity index (χ0v) is 11.3. The fraction of sp³-hybridized carbons (Fsp3) is 0.429. The molecule has 0 bridgehead atoms. The van der Waals surface area contributed by atoms with E-state index in [0.717, 1.165) is 5.56 Å². The van der Waals surface area contributed by atoms with Gasteiger partial charge < -0.3 is 14.7 Å². The first-order valence-electron chi connectivity index (χ1n) is 6.61. The molecule has 0 saturated heterocycles. The summed E-state index contributed by atoms with van der Waals surface area (Å²) < 4.78 is 5.19. The van der Waals surface area contributed by atoms with Crippen LogP contribution in [0.3, 0.4) is 0 Å². The molecule has 20 heavy (non-hydrogen) atoms. The first-order chi connectivity index (χ1) is 9.81.